The monoisotopic (exact) mass is 391 g/mol. The molecule has 0 amide bonds. The van der Waals surface area contributed by atoms with Crippen LogP contribution < -0.4 is 14.8 Å². The number of methoxy groups -OCH3 is 1. The van der Waals surface area contributed by atoms with Gasteiger partial charge in [-0.05, 0) is 48.5 Å². The number of nitrogens with one attached hydrogen (secondary N) is 2. The third-order valence-electron chi connectivity index (χ3n) is 3.58. The zero-order valence-electron chi connectivity index (χ0n) is 14.1. The molecule has 0 radical (unpaired) electrons. The summed E-state index contributed by atoms with van der Waals surface area (Å²) >= 11 is 0. The number of rotatable bonds is 6. The maximum absolute atomic E-state index is 13.2. The molecule has 140 valence electrons. The number of nitrogens with zero attached hydrogens (tertiary/aromatic N) is 1. The van der Waals surface area contributed by atoms with Gasteiger partial charge in [-0.3, -0.25) is 4.72 Å². The van der Waals surface area contributed by atoms with Crippen LogP contribution in [0.15, 0.2) is 65.7 Å². The Morgan fingerprint density at radius 3 is 2.22 bits per heavy atom. The molecule has 0 fully saturated rings. The van der Waals surface area contributed by atoms with Gasteiger partial charge in [-0.25, -0.2) is 22.2 Å². The van der Waals surface area contributed by atoms with Gasteiger partial charge in [0.1, 0.15) is 11.6 Å². The number of pyridine rings is 1. The Balaban J connectivity index is 1.71. The van der Waals surface area contributed by atoms with Gasteiger partial charge in [0, 0.05) is 11.8 Å². The maximum Gasteiger partial charge on any atom is 0.263 e. The van der Waals surface area contributed by atoms with E-state index in [4.69, 9.17) is 4.74 Å². The molecular formula is C18H15F2N3O3S. The van der Waals surface area contributed by atoms with Gasteiger partial charge in [0.15, 0.2) is 11.6 Å². The van der Waals surface area contributed by atoms with Crippen LogP contribution in [0.2, 0.25) is 0 Å². The molecule has 2 N–H and O–H groups in total. The highest BCUT2D eigenvalue weighted by molar-refractivity contribution is 7.92. The molecule has 0 bridgehead atoms. The van der Waals surface area contributed by atoms with Crippen LogP contribution in [0.4, 0.5) is 26.0 Å². The van der Waals surface area contributed by atoms with Gasteiger partial charge >= 0.3 is 0 Å². The van der Waals surface area contributed by atoms with E-state index in [0.29, 0.717) is 17.1 Å². The molecule has 2 aromatic carbocycles. The van der Waals surface area contributed by atoms with E-state index in [2.05, 4.69) is 15.0 Å². The van der Waals surface area contributed by atoms with Crippen molar-refractivity contribution in [2.24, 2.45) is 0 Å². The van der Waals surface area contributed by atoms with E-state index >= 15 is 0 Å². The lowest BCUT2D eigenvalue weighted by atomic mass is 10.3. The number of benzene rings is 2. The zero-order valence-corrected chi connectivity index (χ0v) is 14.9. The molecule has 0 aliphatic heterocycles. The molecule has 0 unspecified atom stereocenters. The van der Waals surface area contributed by atoms with Crippen molar-refractivity contribution in [2.75, 3.05) is 17.1 Å². The highest BCUT2D eigenvalue weighted by Crippen LogP contribution is 2.21. The van der Waals surface area contributed by atoms with Crippen LogP contribution in [0.3, 0.4) is 0 Å². The fraction of sp³-hybridized carbons (Fsp3) is 0.0556. The SMILES string of the molecule is COc1ccc(S(=O)(=O)Nc2ccc(Nc3ccc(F)c(F)c3)cn2)cc1. The van der Waals surface area contributed by atoms with E-state index in [1.807, 2.05) is 0 Å². The van der Waals surface area contributed by atoms with Crippen molar-refractivity contribution in [3.63, 3.8) is 0 Å². The Bertz CT molecular complexity index is 1040. The first-order valence-electron chi connectivity index (χ1n) is 7.72. The van der Waals surface area contributed by atoms with Gasteiger partial charge in [0.05, 0.1) is 23.9 Å². The summed E-state index contributed by atoms with van der Waals surface area (Å²) in [6, 6.07) is 12.3. The van der Waals surface area contributed by atoms with Crippen molar-refractivity contribution in [3.8, 4) is 5.75 Å². The molecule has 1 heterocycles. The Labute approximate surface area is 154 Å². The Kier molecular flexibility index (Phi) is 5.22. The molecule has 0 saturated carbocycles. The predicted octanol–water partition coefficient (Wildman–Crippen LogP) is 3.91. The van der Waals surface area contributed by atoms with Crippen LogP contribution in [0, 0.1) is 11.6 Å². The van der Waals surface area contributed by atoms with Crippen LogP contribution in [-0.2, 0) is 10.0 Å². The lowest BCUT2D eigenvalue weighted by Crippen LogP contribution is -2.13. The summed E-state index contributed by atoms with van der Waals surface area (Å²) in [6.45, 7) is 0. The maximum atomic E-state index is 13.2. The second-order valence-corrected chi connectivity index (χ2v) is 7.15. The Morgan fingerprint density at radius 2 is 1.63 bits per heavy atom. The summed E-state index contributed by atoms with van der Waals surface area (Å²) in [5.41, 5.74) is 0.815. The number of sulfonamides is 1. The molecule has 3 rings (SSSR count). The molecule has 0 saturated heterocycles. The predicted molar refractivity (Wildman–Crippen MR) is 97.7 cm³/mol. The summed E-state index contributed by atoms with van der Waals surface area (Å²) in [4.78, 5) is 4.08. The minimum Gasteiger partial charge on any atom is -0.497 e. The van der Waals surface area contributed by atoms with Gasteiger partial charge < -0.3 is 10.1 Å². The highest BCUT2D eigenvalue weighted by Gasteiger charge is 2.15. The number of ether oxygens (including phenoxy) is 1. The van der Waals surface area contributed by atoms with Crippen molar-refractivity contribution < 1.29 is 21.9 Å². The molecule has 27 heavy (non-hydrogen) atoms. The van der Waals surface area contributed by atoms with E-state index < -0.39 is 21.7 Å². The zero-order chi connectivity index (χ0) is 19.4. The van der Waals surface area contributed by atoms with Crippen molar-refractivity contribution in [1.82, 2.24) is 4.98 Å². The standard InChI is InChI=1S/C18H15F2N3O3S/c1-26-14-4-6-15(7-5-14)27(24,25)23-18-9-3-13(11-21-18)22-12-2-8-16(19)17(20)10-12/h2-11,22H,1H3,(H,21,23). The first-order valence-corrected chi connectivity index (χ1v) is 9.21. The van der Waals surface area contributed by atoms with E-state index in [1.54, 1.807) is 6.07 Å². The fourth-order valence-electron chi connectivity index (χ4n) is 2.22. The number of halogens is 2. The highest BCUT2D eigenvalue weighted by atomic mass is 32.2. The number of anilines is 3. The number of hydrogen-bond donors (Lipinski definition) is 2. The minimum absolute atomic E-state index is 0.0640. The van der Waals surface area contributed by atoms with E-state index in [-0.39, 0.29) is 10.7 Å². The molecular weight excluding hydrogens is 376 g/mol. The van der Waals surface area contributed by atoms with Crippen LogP contribution in [-0.4, -0.2) is 20.5 Å². The Hall–Kier alpha value is -3.20. The van der Waals surface area contributed by atoms with Crippen molar-refractivity contribution in [1.29, 1.82) is 0 Å². The van der Waals surface area contributed by atoms with Crippen LogP contribution in [0.5, 0.6) is 5.75 Å². The van der Waals surface area contributed by atoms with E-state index in [0.717, 1.165) is 12.1 Å². The largest absolute Gasteiger partial charge is 0.497 e. The van der Waals surface area contributed by atoms with E-state index in [1.165, 1.54) is 49.7 Å². The van der Waals surface area contributed by atoms with Crippen molar-refractivity contribution >= 4 is 27.2 Å². The van der Waals surface area contributed by atoms with Gasteiger partial charge in [-0.15, -0.1) is 0 Å². The summed E-state index contributed by atoms with van der Waals surface area (Å²) in [5, 5.41) is 2.85. The minimum atomic E-state index is -3.80. The topological polar surface area (TPSA) is 80.3 Å². The average molecular weight is 391 g/mol. The fourth-order valence-corrected chi connectivity index (χ4v) is 3.23. The molecule has 6 nitrogen and oxygen atoms in total. The van der Waals surface area contributed by atoms with Gasteiger partial charge in [0.2, 0.25) is 0 Å². The van der Waals surface area contributed by atoms with Gasteiger partial charge in [0.25, 0.3) is 10.0 Å². The Morgan fingerprint density at radius 1 is 0.926 bits per heavy atom. The summed E-state index contributed by atoms with van der Waals surface area (Å²) in [6.07, 6.45) is 1.37. The molecule has 1 aromatic heterocycles. The molecule has 0 spiro atoms. The third kappa shape index (κ3) is 4.50. The first-order chi connectivity index (χ1) is 12.9. The number of hydrogen-bond acceptors (Lipinski definition) is 5. The quantitative estimate of drug-likeness (QED) is 0.666. The summed E-state index contributed by atoms with van der Waals surface area (Å²) in [5.74, 6) is -1.26. The summed E-state index contributed by atoms with van der Waals surface area (Å²) < 4.78 is 58.3. The third-order valence-corrected chi connectivity index (χ3v) is 4.95. The van der Waals surface area contributed by atoms with Crippen LogP contribution >= 0.6 is 0 Å². The second kappa shape index (κ2) is 7.58. The lowest BCUT2D eigenvalue weighted by Gasteiger charge is -2.10. The second-order valence-electron chi connectivity index (χ2n) is 5.47. The number of aromatic nitrogens is 1. The molecule has 0 atom stereocenters. The van der Waals surface area contributed by atoms with Gasteiger partial charge in [-0.1, -0.05) is 0 Å². The molecule has 0 aliphatic rings. The lowest BCUT2D eigenvalue weighted by molar-refractivity contribution is 0.414. The average Bonchev–Trinajstić information content (AvgIpc) is 2.66. The molecule has 3 aromatic rings. The molecule has 9 heteroatoms. The van der Waals surface area contributed by atoms with Crippen LogP contribution in [0.1, 0.15) is 0 Å². The van der Waals surface area contributed by atoms with Gasteiger partial charge in [-0.2, -0.15) is 0 Å². The normalized spacial score (nSPS) is 11.1. The van der Waals surface area contributed by atoms with Crippen LogP contribution in [0.25, 0.3) is 0 Å². The van der Waals surface area contributed by atoms with E-state index in [9.17, 15) is 17.2 Å². The summed E-state index contributed by atoms with van der Waals surface area (Å²) in [7, 11) is -2.31. The molecule has 0 aliphatic carbocycles. The smallest absolute Gasteiger partial charge is 0.263 e. The first kappa shape index (κ1) is 18.6. The van der Waals surface area contributed by atoms with Crippen molar-refractivity contribution in [3.05, 3.63) is 72.4 Å². The van der Waals surface area contributed by atoms with Crippen molar-refractivity contribution in [2.45, 2.75) is 4.90 Å².